The topological polar surface area (TPSA) is 44.8 Å². The lowest BCUT2D eigenvalue weighted by molar-refractivity contribution is 0.0472. The number of fused-ring (bicyclic) bond motifs is 1. The van der Waals surface area contributed by atoms with Crippen molar-refractivity contribution in [1.82, 2.24) is 0 Å². The minimum absolute atomic E-state index is 0.211. The van der Waals surface area contributed by atoms with Crippen LogP contribution in [-0.4, -0.2) is 12.8 Å². The van der Waals surface area contributed by atoms with Crippen LogP contribution in [0.2, 0.25) is 0 Å². The summed E-state index contributed by atoms with van der Waals surface area (Å²) >= 11 is 0. The molecule has 0 aromatic heterocycles. The zero-order chi connectivity index (χ0) is 14.8. The summed E-state index contributed by atoms with van der Waals surface area (Å²) in [6, 6.07) is 11.1. The fraction of sp³-hybridized carbons (Fsp3) is 0.235. The average molecular weight is 284 g/mol. The molecule has 0 saturated heterocycles. The number of rotatable bonds is 3. The summed E-state index contributed by atoms with van der Waals surface area (Å²) in [5, 5.41) is 0. The Bertz CT molecular complexity index is 691. The highest BCUT2D eigenvalue weighted by molar-refractivity contribution is 5.89. The van der Waals surface area contributed by atoms with Crippen molar-refractivity contribution in [3.8, 4) is 11.5 Å². The van der Waals surface area contributed by atoms with Gasteiger partial charge in [0.2, 0.25) is 6.79 Å². The maximum Gasteiger partial charge on any atom is 0.338 e. The van der Waals surface area contributed by atoms with Gasteiger partial charge in [0.1, 0.15) is 6.61 Å². The number of esters is 1. The van der Waals surface area contributed by atoms with Crippen molar-refractivity contribution in [3.63, 3.8) is 0 Å². The number of hydrogen-bond donors (Lipinski definition) is 0. The molecule has 108 valence electrons. The van der Waals surface area contributed by atoms with E-state index in [1.807, 2.05) is 44.2 Å². The predicted octanol–water partition coefficient (Wildman–Crippen LogP) is 3.39. The molecule has 1 aliphatic rings. The SMILES string of the molecule is Cc1ccc(C(=O)OCc2ccc3c(c2)OCO3)cc1C. The van der Waals surface area contributed by atoms with Gasteiger partial charge in [-0.15, -0.1) is 0 Å². The molecule has 0 unspecified atom stereocenters. The summed E-state index contributed by atoms with van der Waals surface area (Å²) < 4.78 is 15.9. The Hall–Kier alpha value is -2.49. The lowest BCUT2D eigenvalue weighted by Gasteiger charge is -2.07. The van der Waals surface area contributed by atoms with E-state index in [4.69, 9.17) is 14.2 Å². The van der Waals surface area contributed by atoms with E-state index in [0.717, 1.165) is 22.4 Å². The van der Waals surface area contributed by atoms with Gasteiger partial charge in [-0.25, -0.2) is 4.79 Å². The van der Waals surface area contributed by atoms with E-state index in [1.165, 1.54) is 0 Å². The van der Waals surface area contributed by atoms with Crippen molar-refractivity contribution in [1.29, 1.82) is 0 Å². The van der Waals surface area contributed by atoms with Crippen LogP contribution in [0.5, 0.6) is 11.5 Å². The summed E-state index contributed by atoms with van der Waals surface area (Å²) in [5.74, 6) is 1.09. The number of carbonyl (C=O) groups is 1. The molecule has 3 rings (SSSR count). The Balaban J connectivity index is 1.67. The highest BCUT2D eigenvalue weighted by atomic mass is 16.7. The van der Waals surface area contributed by atoms with Crippen molar-refractivity contribution < 1.29 is 19.0 Å². The standard InChI is InChI=1S/C17H16O4/c1-11-3-5-14(7-12(11)2)17(18)19-9-13-4-6-15-16(8-13)21-10-20-15/h3-8H,9-10H2,1-2H3. The van der Waals surface area contributed by atoms with Gasteiger partial charge >= 0.3 is 5.97 Å². The van der Waals surface area contributed by atoms with Gasteiger partial charge in [0.05, 0.1) is 5.56 Å². The second-order valence-corrected chi connectivity index (χ2v) is 5.06. The Kier molecular flexibility index (Phi) is 3.52. The second-order valence-electron chi connectivity index (χ2n) is 5.06. The predicted molar refractivity (Wildman–Crippen MR) is 77.6 cm³/mol. The third-order valence-electron chi connectivity index (χ3n) is 3.55. The zero-order valence-electron chi connectivity index (χ0n) is 12.0. The van der Waals surface area contributed by atoms with Crippen molar-refractivity contribution in [2.24, 2.45) is 0 Å². The largest absolute Gasteiger partial charge is 0.457 e. The Morgan fingerprint density at radius 2 is 1.86 bits per heavy atom. The summed E-state index contributed by atoms with van der Waals surface area (Å²) in [6.45, 7) is 4.44. The lowest BCUT2D eigenvalue weighted by Crippen LogP contribution is -2.05. The monoisotopic (exact) mass is 284 g/mol. The Morgan fingerprint density at radius 3 is 2.67 bits per heavy atom. The van der Waals surface area contributed by atoms with E-state index in [0.29, 0.717) is 11.3 Å². The quantitative estimate of drug-likeness (QED) is 0.810. The molecule has 1 heterocycles. The molecule has 0 atom stereocenters. The molecule has 0 N–H and O–H groups in total. The van der Waals surface area contributed by atoms with Crippen LogP contribution in [0.15, 0.2) is 36.4 Å². The normalized spacial score (nSPS) is 12.3. The summed E-state index contributed by atoms with van der Waals surface area (Å²) in [4.78, 5) is 12.0. The fourth-order valence-corrected chi connectivity index (χ4v) is 2.13. The van der Waals surface area contributed by atoms with Gasteiger partial charge in [-0.3, -0.25) is 0 Å². The molecule has 2 aromatic rings. The lowest BCUT2D eigenvalue weighted by atomic mass is 10.1. The molecular formula is C17H16O4. The van der Waals surface area contributed by atoms with Crippen LogP contribution in [0, 0.1) is 13.8 Å². The Labute approximate surface area is 123 Å². The summed E-state index contributed by atoms with van der Waals surface area (Å²) in [7, 11) is 0. The average Bonchev–Trinajstić information content (AvgIpc) is 2.95. The van der Waals surface area contributed by atoms with Gasteiger partial charge in [0.25, 0.3) is 0 Å². The highest BCUT2D eigenvalue weighted by Gasteiger charge is 2.14. The molecule has 0 spiro atoms. The first-order valence-electron chi connectivity index (χ1n) is 6.76. The number of ether oxygens (including phenoxy) is 3. The first-order valence-corrected chi connectivity index (χ1v) is 6.76. The van der Waals surface area contributed by atoms with E-state index >= 15 is 0 Å². The molecule has 0 amide bonds. The number of carbonyl (C=O) groups excluding carboxylic acids is 1. The third kappa shape index (κ3) is 2.84. The zero-order valence-corrected chi connectivity index (χ0v) is 12.0. The van der Waals surface area contributed by atoms with Crippen LogP contribution in [-0.2, 0) is 11.3 Å². The van der Waals surface area contributed by atoms with Crippen molar-refractivity contribution in [2.75, 3.05) is 6.79 Å². The molecule has 0 aliphatic carbocycles. The van der Waals surface area contributed by atoms with E-state index in [9.17, 15) is 4.79 Å². The molecule has 21 heavy (non-hydrogen) atoms. The second kappa shape index (κ2) is 5.48. The molecule has 0 saturated carbocycles. The van der Waals surface area contributed by atoms with Gasteiger partial charge in [0, 0.05) is 0 Å². The van der Waals surface area contributed by atoms with Crippen LogP contribution in [0.4, 0.5) is 0 Å². The molecule has 0 bridgehead atoms. The molecule has 0 fully saturated rings. The maximum atomic E-state index is 12.0. The smallest absolute Gasteiger partial charge is 0.338 e. The molecule has 1 aliphatic heterocycles. The third-order valence-corrected chi connectivity index (χ3v) is 3.55. The number of hydrogen-bond acceptors (Lipinski definition) is 4. The van der Waals surface area contributed by atoms with E-state index in [1.54, 1.807) is 6.07 Å². The molecule has 0 radical (unpaired) electrons. The molecule has 4 nitrogen and oxygen atoms in total. The minimum Gasteiger partial charge on any atom is -0.457 e. The summed E-state index contributed by atoms with van der Waals surface area (Å²) in [6.07, 6.45) is 0. The van der Waals surface area contributed by atoms with Crippen LogP contribution >= 0.6 is 0 Å². The van der Waals surface area contributed by atoms with Crippen molar-refractivity contribution >= 4 is 5.97 Å². The number of benzene rings is 2. The van der Waals surface area contributed by atoms with Gasteiger partial charge in [-0.05, 0) is 54.8 Å². The summed E-state index contributed by atoms with van der Waals surface area (Å²) in [5.41, 5.74) is 3.67. The van der Waals surface area contributed by atoms with E-state index in [2.05, 4.69) is 0 Å². The van der Waals surface area contributed by atoms with Gasteiger partial charge in [0.15, 0.2) is 11.5 Å². The first-order chi connectivity index (χ1) is 10.1. The molecule has 2 aromatic carbocycles. The highest BCUT2D eigenvalue weighted by Crippen LogP contribution is 2.32. The van der Waals surface area contributed by atoms with Crippen LogP contribution < -0.4 is 9.47 Å². The maximum absolute atomic E-state index is 12.0. The Morgan fingerprint density at radius 1 is 1.05 bits per heavy atom. The van der Waals surface area contributed by atoms with E-state index < -0.39 is 0 Å². The van der Waals surface area contributed by atoms with Crippen LogP contribution in [0.1, 0.15) is 27.0 Å². The van der Waals surface area contributed by atoms with Crippen LogP contribution in [0.3, 0.4) is 0 Å². The first kappa shape index (κ1) is 13.5. The minimum atomic E-state index is -0.323. The van der Waals surface area contributed by atoms with Gasteiger partial charge in [-0.1, -0.05) is 12.1 Å². The van der Waals surface area contributed by atoms with E-state index in [-0.39, 0.29) is 19.4 Å². The molecule has 4 heteroatoms. The molecular weight excluding hydrogens is 268 g/mol. The fourth-order valence-electron chi connectivity index (χ4n) is 2.13. The van der Waals surface area contributed by atoms with Crippen molar-refractivity contribution in [3.05, 3.63) is 58.7 Å². The number of aryl methyl sites for hydroxylation is 2. The van der Waals surface area contributed by atoms with Crippen LogP contribution in [0.25, 0.3) is 0 Å². The van der Waals surface area contributed by atoms with Gasteiger partial charge in [-0.2, -0.15) is 0 Å². The van der Waals surface area contributed by atoms with Gasteiger partial charge < -0.3 is 14.2 Å². The van der Waals surface area contributed by atoms with Crippen molar-refractivity contribution in [2.45, 2.75) is 20.5 Å².